The minimum atomic E-state index is 0.337. The zero-order chi connectivity index (χ0) is 8.36. The topological polar surface area (TPSA) is 0 Å². The molecule has 0 aromatic carbocycles. The Morgan fingerprint density at radius 1 is 1.20 bits per heavy atom. The van der Waals surface area contributed by atoms with E-state index in [0.717, 1.165) is 11.8 Å². The molecule has 0 aliphatic heterocycles. The Morgan fingerprint density at radius 3 is 1.70 bits per heavy atom. The van der Waals surface area contributed by atoms with E-state index < -0.39 is 0 Å². The van der Waals surface area contributed by atoms with Crippen molar-refractivity contribution in [2.75, 3.05) is 0 Å². The molecular weight excluding hydrogens is 158 g/mol. The van der Waals surface area contributed by atoms with Crippen LogP contribution < -0.4 is 0 Å². The highest BCUT2D eigenvalue weighted by atomic mass is 31.1. The van der Waals surface area contributed by atoms with Crippen LogP contribution in [0.5, 0.6) is 0 Å². The van der Waals surface area contributed by atoms with Gasteiger partial charge in [0.05, 0.1) is 0 Å². The average molecular weight is 178 g/mol. The van der Waals surface area contributed by atoms with Gasteiger partial charge in [0.15, 0.2) is 0 Å². The molecule has 0 bridgehead atoms. The molecule has 0 amide bonds. The summed E-state index contributed by atoms with van der Waals surface area (Å²) in [6, 6.07) is 0. The van der Waals surface area contributed by atoms with E-state index in [4.69, 9.17) is 0 Å². The zero-order valence-corrected chi connectivity index (χ0v) is 9.83. The first-order valence-electron chi connectivity index (χ1n) is 3.90. The van der Waals surface area contributed by atoms with Gasteiger partial charge in [-0.15, -0.1) is 18.5 Å². The first-order valence-corrected chi connectivity index (χ1v) is 5.06. The van der Waals surface area contributed by atoms with Gasteiger partial charge in [-0.2, -0.15) is 0 Å². The summed E-state index contributed by atoms with van der Waals surface area (Å²) in [6.07, 6.45) is 1.26. The standard InChI is InChI=1S/C8H20P2/c1-6(2)7(3)5-8(4,9)10/h6-7H,5,9-10H2,1-4H3/t7-/m1/s1. The highest BCUT2D eigenvalue weighted by molar-refractivity contribution is 7.39. The molecular formula is C8H20P2. The third-order valence-corrected chi connectivity index (χ3v) is 2.37. The van der Waals surface area contributed by atoms with Crippen LogP contribution in [0, 0.1) is 11.8 Å². The molecule has 0 N–H and O–H groups in total. The van der Waals surface area contributed by atoms with Crippen molar-refractivity contribution in [2.24, 2.45) is 11.8 Å². The quantitative estimate of drug-likeness (QED) is 0.582. The summed E-state index contributed by atoms with van der Waals surface area (Å²) in [6.45, 7) is 9.12. The Labute approximate surface area is 70.0 Å². The normalized spacial score (nSPS) is 15.9. The van der Waals surface area contributed by atoms with Crippen molar-refractivity contribution >= 4 is 18.5 Å². The molecule has 0 heterocycles. The highest BCUT2D eigenvalue weighted by Gasteiger charge is 2.17. The Kier molecular flexibility index (Phi) is 4.38. The third kappa shape index (κ3) is 5.63. The fraction of sp³-hybridized carbons (Fsp3) is 1.00. The highest BCUT2D eigenvalue weighted by Crippen LogP contribution is 2.35. The lowest BCUT2D eigenvalue weighted by molar-refractivity contribution is 0.384. The van der Waals surface area contributed by atoms with Crippen molar-refractivity contribution in [1.82, 2.24) is 0 Å². The van der Waals surface area contributed by atoms with Crippen molar-refractivity contribution in [3.05, 3.63) is 0 Å². The maximum Gasteiger partial charge on any atom is -0.00324 e. The summed E-state index contributed by atoms with van der Waals surface area (Å²) in [5.74, 6) is 1.63. The molecule has 2 unspecified atom stereocenters. The molecule has 0 radical (unpaired) electrons. The monoisotopic (exact) mass is 178 g/mol. The van der Waals surface area contributed by atoms with E-state index in [0.29, 0.717) is 4.90 Å². The first-order chi connectivity index (χ1) is 4.33. The molecule has 62 valence electrons. The average Bonchev–Trinajstić information content (AvgIpc) is 1.60. The van der Waals surface area contributed by atoms with Gasteiger partial charge in [0, 0.05) is 0 Å². The van der Waals surface area contributed by atoms with Crippen LogP contribution in [-0.2, 0) is 0 Å². The van der Waals surface area contributed by atoms with Crippen molar-refractivity contribution < 1.29 is 0 Å². The predicted molar refractivity (Wildman–Crippen MR) is 56.4 cm³/mol. The molecule has 0 aromatic rings. The summed E-state index contributed by atoms with van der Waals surface area (Å²) in [7, 11) is 5.74. The van der Waals surface area contributed by atoms with Crippen LogP contribution in [0.25, 0.3) is 0 Å². The van der Waals surface area contributed by atoms with Gasteiger partial charge in [-0.1, -0.05) is 27.7 Å². The minimum absolute atomic E-state index is 0.337. The Bertz CT molecular complexity index is 91.9. The molecule has 0 aliphatic rings. The molecule has 0 aromatic heterocycles. The molecule has 0 rings (SSSR count). The second-order valence-electron chi connectivity index (χ2n) is 3.93. The molecule has 0 nitrogen and oxygen atoms in total. The number of hydrogen-bond donors (Lipinski definition) is 0. The van der Waals surface area contributed by atoms with Crippen LogP contribution in [0.3, 0.4) is 0 Å². The predicted octanol–water partition coefficient (Wildman–Crippen LogP) is 3.14. The Morgan fingerprint density at radius 2 is 1.60 bits per heavy atom. The van der Waals surface area contributed by atoms with Crippen molar-refractivity contribution in [3.8, 4) is 0 Å². The molecule has 10 heavy (non-hydrogen) atoms. The number of hydrogen-bond acceptors (Lipinski definition) is 0. The van der Waals surface area contributed by atoms with Crippen molar-refractivity contribution in [1.29, 1.82) is 0 Å². The maximum absolute atomic E-state index is 2.87. The second-order valence-corrected chi connectivity index (χ2v) is 7.24. The smallest absolute Gasteiger partial charge is 0.00324 e. The minimum Gasteiger partial charge on any atom is -0.127 e. The fourth-order valence-electron chi connectivity index (χ4n) is 0.929. The Hall–Kier alpha value is 0.860. The van der Waals surface area contributed by atoms with Gasteiger partial charge < -0.3 is 0 Å². The van der Waals surface area contributed by atoms with E-state index in [1.807, 2.05) is 0 Å². The summed E-state index contributed by atoms with van der Waals surface area (Å²) < 4.78 is 0. The van der Waals surface area contributed by atoms with Crippen LogP contribution >= 0.6 is 18.5 Å². The molecule has 0 aliphatic carbocycles. The second kappa shape index (κ2) is 4.03. The lowest BCUT2D eigenvalue weighted by atomic mass is 9.93. The first kappa shape index (κ1) is 10.9. The molecule has 0 spiro atoms. The van der Waals surface area contributed by atoms with Gasteiger partial charge in [0.1, 0.15) is 0 Å². The summed E-state index contributed by atoms with van der Waals surface area (Å²) >= 11 is 0. The van der Waals surface area contributed by atoms with Gasteiger partial charge in [-0.05, 0) is 23.2 Å². The van der Waals surface area contributed by atoms with Crippen LogP contribution in [0.1, 0.15) is 34.1 Å². The van der Waals surface area contributed by atoms with Gasteiger partial charge in [0.2, 0.25) is 0 Å². The summed E-state index contributed by atoms with van der Waals surface area (Å²) in [4.78, 5) is 0.337. The van der Waals surface area contributed by atoms with Crippen LogP contribution in [0.4, 0.5) is 0 Å². The van der Waals surface area contributed by atoms with Gasteiger partial charge in [-0.3, -0.25) is 0 Å². The number of rotatable bonds is 3. The Balaban J connectivity index is 3.68. The van der Waals surface area contributed by atoms with Crippen LogP contribution in [0.2, 0.25) is 0 Å². The molecule has 3 atom stereocenters. The lowest BCUT2D eigenvalue weighted by Crippen LogP contribution is -2.14. The van der Waals surface area contributed by atoms with E-state index >= 15 is 0 Å². The van der Waals surface area contributed by atoms with Crippen molar-refractivity contribution in [3.63, 3.8) is 0 Å². The largest absolute Gasteiger partial charge is 0.127 e. The van der Waals surface area contributed by atoms with Gasteiger partial charge in [-0.25, -0.2) is 0 Å². The van der Waals surface area contributed by atoms with Crippen LogP contribution in [-0.4, -0.2) is 4.90 Å². The summed E-state index contributed by atoms with van der Waals surface area (Å²) in [5.41, 5.74) is 0. The molecule has 2 heteroatoms. The van der Waals surface area contributed by atoms with Gasteiger partial charge >= 0.3 is 0 Å². The molecule has 0 saturated heterocycles. The molecule has 0 fully saturated rings. The van der Waals surface area contributed by atoms with E-state index in [9.17, 15) is 0 Å². The fourth-order valence-corrected chi connectivity index (χ4v) is 1.67. The maximum atomic E-state index is 2.87. The van der Waals surface area contributed by atoms with Crippen LogP contribution in [0.15, 0.2) is 0 Å². The summed E-state index contributed by atoms with van der Waals surface area (Å²) in [5, 5.41) is 0. The van der Waals surface area contributed by atoms with Gasteiger partial charge in [0.25, 0.3) is 0 Å². The third-order valence-electron chi connectivity index (χ3n) is 1.90. The van der Waals surface area contributed by atoms with E-state index in [-0.39, 0.29) is 0 Å². The van der Waals surface area contributed by atoms with E-state index in [2.05, 4.69) is 46.2 Å². The van der Waals surface area contributed by atoms with E-state index in [1.54, 1.807) is 0 Å². The van der Waals surface area contributed by atoms with E-state index in [1.165, 1.54) is 6.42 Å². The van der Waals surface area contributed by atoms with Crippen molar-refractivity contribution in [2.45, 2.75) is 39.0 Å². The lowest BCUT2D eigenvalue weighted by Gasteiger charge is -2.25. The molecule has 0 saturated carbocycles. The SMILES string of the molecule is CC(C)[C@H](C)CC(C)(P)P. The zero-order valence-electron chi connectivity index (χ0n) is 7.52.